The minimum atomic E-state index is 0.365. The van der Waals surface area contributed by atoms with E-state index >= 15 is 0 Å². The van der Waals surface area contributed by atoms with Gasteiger partial charge in [0.1, 0.15) is 17.3 Å². The van der Waals surface area contributed by atoms with Crippen LogP contribution in [0.15, 0.2) is 6.33 Å². The normalized spacial score (nSPS) is 17.9. The molecule has 2 heterocycles. The maximum Gasteiger partial charge on any atom is 0.225 e. The van der Waals surface area contributed by atoms with Gasteiger partial charge in [-0.1, -0.05) is 6.42 Å². The van der Waals surface area contributed by atoms with E-state index in [-0.39, 0.29) is 0 Å². The second kappa shape index (κ2) is 7.38. The van der Waals surface area contributed by atoms with Crippen molar-refractivity contribution in [3.05, 3.63) is 16.8 Å². The highest BCUT2D eigenvalue weighted by Gasteiger charge is 2.23. The van der Waals surface area contributed by atoms with Gasteiger partial charge in [-0.25, -0.2) is 9.97 Å². The lowest BCUT2D eigenvalue weighted by Crippen LogP contribution is -2.20. The van der Waals surface area contributed by atoms with Gasteiger partial charge in [-0.2, -0.15) is 0 Å². The first-order valence-electron chi connectivity index (χ1n) is 8.34. The molecule has 1 fully saturated rings. The number of hydrogen-bond acceptors (Lipinski definition) is 5. The molecule has 0 aromatic carbocycles. The van der Waals surface area contributed by atoms with Gasteiger partial charge in [-0.3, -0.25) is 0 Å². The fourth-order valence-corrected chi connectivity index (χ4v) is 4.55. The second-order valence-corrected chi connectivity index (χ2v) is 7.18. The number of aromatic nitrogens is 2. The van der Waals surface area contributed by atoms with Crippen LogP contribution in [0.2, 0.25) is 0 Å². The summed E-state index contributed by atoms with van der Waals surface area (Å²) in [5.41, 5.74) is 1.46. The Hall–Kier alpha value is -1.20. The van der Waals surface area contributed by atoms with Crippen molar-refractivity contribution in [2.75, 3.05) is 14.1 Å². The topological polar surface area (TPSA) is 47.0 Å². The zero-order chi connectivity index (χ0) is 15.4. The number of nitrogens with zero attached hydrogens (tertiary/aromatic N) is 2. The van der Waals surface area contributed by atoms with Gasteiger partial charge in [0.25, 0.3) is 0 Å². The van der Waals surface area contributed by atoms with Crippen LogP contribution in [0.5, 0.6) is 5.88 Å². The molecule has 4 rings (SSSR count). The number of fused-ring (bicyclic) bond motifs is 3. The summed E-state index contributed by atoms with van der Waals surface area (Å²) >= 11 is 1.83. The molecule has 5 heteroatoms. The number of hydrogen-bond donors (Lipinski definition) is 1. The monoisotopic (exact) mass is 319 g/mol. The molecule has 2 aliphatic carbocycles. The molecule has 2 aromatic rings. The quantitative estimate of drug-likeness (QED) is 0.916. The van der Waals surface area contributed by atoms with Crippen molar-refractivity contribution in [1.29, 1.82) is 0 Å². The molecule has 0 unspecified atom stereocenters. The third-order valence-electron chi connectivity index (χ3n) is 4.30. The highest BCUT2D eigenvalue weighted by molar-refractivity contribution is 7.18. The summed E-state index contributed by atoms with van der Waals surface area (Å²) in [6, 6.07) is 0. The van der Waals surface area contributed by atoms with Crippen molar-refractivity contribution in [3.8, 4) is 5.88 Å². The maximum atomic E-state index is 6.21. The van der Waals surface area contributed by atoms with E-state index in [1.807, 2.05) is 25.4 Å². The summed E-state index contributed by atoms with van der Waals surface area (Å²) in [4.78, 5) is 11.5. The van der Waals surface area contributed by atoms with Gasteiger partial charge in [0.2, 0.25) is 5.88 Å². The largest absolute Gasteiger partial charge is 0.474 e. The van der Waals surface area contributed by atoms with Gasteiger partial charge in [-0.15, -0.1) is 11.3 Å². The Morgan fingerprint density at radius 1 is 1.09 bits per heavy atom. The fraction of sp³-hybridized carbons (Fsp3) is 0.647. The summed E-state index contributed by atoms with van der Waals surface area (Å²) in [5, 5.41) is 3.96. The molecular formula is C17H25N3OS. The summed E-state index contributed by atoms with van der Waals surface area (Å²) in [5.74, 6) is 0.844. The first-order chi connectivity index (χ1) is 10.8. The van der Waals surface area contributed by atoms with Crippen LogP contribution in [0.4, 0.5) is 0 Å². The smallest absolute Gasteiger partial charge is 0.225 e. The van der Waals surface area contributed by atoms with E-state index in [2.05, 4.69) is 15.3 Å². The predicted octanol–water partition coefficient (Wildman–Crippen LogP) is 3.73. The highest BCUT2D eigenvalue weighted by Crippen LogP contribution is 2.40. The van der Waals surface area contributed by atoms with Crippen molar-refractivity contribution in [2.45, 2.75) is 57.5 Å². The van der Waals surface area contributed by atoms with Gasteiger partial charge < -0.3 is 10.1 Å². The molecule has 120 valence electrons. The molecule has 0 radical (unpaired) electrons. The Balaban J connectivity index is 0.000000446. The first kappa shape index (κ1) is 15.7. The van der Waals surface area contributed by atoms with Crippen molar-refractivity contribution in [3.63, 3.8) is 0 Å². The van der Waals surface area contributed by atoms with Crippen LogP contribution in [0.3, 0.4) is 0 Å². The Labute approximate surface area is 136 Å². The lowest BCUT2D eigenvalue weighted by molar-refractivity contribution is 0.151. The van der Waals surface area contributed by atoms with E-state index < -0.39 is 0 Å². The van der Waals surface area contributed by atoms with E-state index in [1.165, 1.54) is 67.2 Å². The van der Waals surface area contributed by atoms with Gasteiger partial charge in [-0.05, 0) is 64.6 Å². The molecule has 0 amide bonds. The zero-order valence-electron chi connectivity index (χ0n) is 13.5. The lowest BCUT2D eigenvalue weighted by Gasteiger charge is -2.22. The summed E-state index contributed by atoms with van der Waals surface area (Å²) in [6.07, 6.45) is 12.0. The molecule has 0 atom stereocenters. The van der Waals surface area contributed by atoms with Crippen molar-refractivity contribution >= 4 is 21.6 Å². The number of rotatable bonds is 2. The van der Waals surface area contributed by atoms with Gasteiger partial charge in [0, 0.05) is 4.88 Å². The molecule has 2 aliphatic rings. The first-order valence-corrected chi connectivity index (χ1v) is 9.15. The van der Waals surface area contributed by atoms with Crippen LogP contribution in [-0.4, -0.2) is 30.2 Å². The molecule has 0 aliphatic heterocycles. The molecular weight excluding hydrogens is 294 g/mol. The van der Waals surface area contributed by atoms with E-state index in [1.54, 1.807) is 6.33 Å². The summed E-state index contributed by atoms with van der Waals surface area (Å²) in [6.45, 7) is 0. The lowest BCUT2D eigenvalue weighted by atomic mass is 9.98. The third kappa shape index (κ3) is 3.25. The van der Waals surface area contributed by atoms with E-state index in [9.17, 15) is 0 Å². The second-order valence-electron chi connectivity index (χ2n) is 6.09. The average molecular weight is 319 g/mol. The van der Waals surface area contributed by atoms with Crippen LogP contribution >= 0.6 is 11.3 Å². The van der Waals surface area contributed by atoms with Crippen LogP contribution in [-0.2, 0) is 12.8 Å². The van der Waals surface area contributed by atoms with E-state index in [0.717, 1.165) is 10.7 Å². The Morgan fingerprint density at radius 2 is 1.86 bits per heavy atom. The molecule has 0 bridgehead atoms. The van der Waals surface area contributed by atoms with E-state index in [0.29, 0.717) is 6.10 Å². The molecule has 4 nitrogen and oxygen atoms in total. The number of aryl methyl sites for hydroxylation is 2. The van der Waals surface area contributed by atoms with Gasteiger partial charge >= 0.3 is 0 Å². The number of nitrogens with one attached hydrogen (secondary N) is 1. The third-order valence-corrected chi connectivity index (χ3v) is 5.50. The van der Waals surface area contributed by atoms with Gasteiger partial charge in [0.05, 0.1) is 5.39 Å². The molecule has 0 spiro atoms. The number of ether oxygens (including phenoxy) is 1. The van der Waals surface area contributed by atoms with E-state index in [4.69, 9.17) is 4.74 Å². The highest BCUT2D eigenvalue weighted by atomic mass is 32.1. The molecule has 0 saturated heterocycles. The van der Waals surface area contributed by atoms with Gasteiger partial charge in [0.15, 0.2) is 0 Å². The molecule has 2 aromatic heterocycles. The van der Waals surface area contributed by atoms with Crippen molar-refractivity contribution < 1.29 is 4.74 Å². The number of thiophene rings is 1. The SMILES string of the molecule is CNC.c1nc(OC2CCCCC2)c2c3c(sc2n1)CCC3. The maximum absolute atomic E-state index is 6.21. The Morgan fingerprint density at radius 3 is 2.64 bits per heavy atom. The summed E-state index contributed by atoms with van der Waals surface area (Å²) < 4.78 is 6.21. The minimum absolute atomic E-state index is 0.365. The minimum Gasteiger partial charge on any atom is -0.474 e. The van der Waals surface area contributed by atoms with Crippen molar-refractivity contribution in [1.82, 2.24) is 15.3 Å². The predicted molar refractivity (Wildman–Crippen MR) is 91.9 cm³/mol. The van der Waals surface area contributed by atoms with Crippen molar-refractivity contribution in [2.24, 2.45) is 0 Å². The summed E-state index contributed by atoms with van der Waals surface area (Å²) in [7, 11) is 3.75. The average Bonchev–Trinajstić information content (AvgIpc) is 3.10. The fourth-order valence-electron chi connectivity index (χ4n) is 3.33. The standard InChI is InChI=1S/C15H18N2OS.C2H7N/c1-2-5-10(6-3-1)18-14-13-11-7-4-8-12(11)19-15(13)17-9-16-14;1-3-2/h9-10H,1-8H2;3H,1-2H3. The molecule has 22 heavy (non-hydrogen) atoms. The van der Waals surface area contributed by atoms with Crippen LogP contribution in [0.25, 0.3) is 10.2 Å². The Bertz CT molecular complexity index is 620. The zero-order valence-corrected chi connectivity index (χ0v) is 14.3. The van der Waals surface area contributed by atoms with Crippen LogP contribution < -0.4 is 10.1 Å². The van der Waals surface area contributed by atoms with Crippen LogP contribution in [0.1, 0.15) is 49.0 Å². The van der Waals surface area contributed by atoms with Crippen LogP contribution in [0, 0.1) is 0 Å². The molecule has 1 saturated carbocycles. The Kier molecular flexibility index (Phi) is 5.26. The molecule has 1 N–H and O–H groups in total.